The first kappa shape index (κ1) is 14.3. The smallest absolute Gasteiger partial charge is 0.213 e. The molecule has 1 saturated carbocycles. The monoisotopic (exact) mass is 264 g/mol. The minimum absolute atomic E-state index is 0.230. The molecule has 1 aliphatic carbocycles. The van der Waals surface area contributed by atoms with Crippen LogP contribution in [0.3, 0.4) is 0 Å². The maximum atomic E-state index is 10.7. The molecule has 0 saturated heterocycles. The van der Waals surface area contributed by atoms with Crippen molar-refractivity contribution in [2.45, 2.75) is 38.7 Å². The maximum Gasteiger partial charge on any atom is 0.213 e. The van der Waals surface area contributed by atoms with Crippen molar-refractivity contribution in [3.8, 4) is 5.88 Å². The Labute approximate surface area is 115 Å². The third-order valence-electron chi connectivity index (χ3n) is 4.49. The zero-order chi connectivity index (χ0) is 13.9. The van der Waals surface area contributed by atoms with Gasteiger partial charge in [-0.05, 0) is 24.8 Å². The number of hydrogen-bond donors (Lipinski definition) is 2. The third-order valence-corrected chi connectivity index (χ3v) is 4.49. The Balaban J connectivity index is 2.22. The molecule has 0 amide bonds. The minimum Gasteiger partial charge on any atom is -0.481 e. The van der Waals surface area contributed by atoms with E-state index in [9.17, 15) is 5.11 Å². The van der Waals surface area contributed by atoms with Gasteiger partial charge >= 0.3 is 0 Å². The Kier molecular flexibility index (Phi) is 4.42. The second kappa shape index (κ2) is 5.88. The SMILES string of the molecule is COc1cccc(C(O)C2(CN)CCC(C)CC2)n1. The lowest BCUT2D eigenvalue weighted by molar-refractivity contribution is -0.0111. The second-order valence-corrected chi connectivity index (χ2v) is 5.76. The van der Waals surface area contributed by atoms with Gasteiger partial charge in [-0.25, -0.2) is 4.98 Å². The van der Waals surface area contributed by atoms with E-state index in [1.54, 1.807) is 13.2 Å². The lowest BCUT2D eigenvalue weighted by Crippen LogP contribution is -2.40. The van der Waals surface area contributed by atoms with E-state index in [0.717, 1.165) is 31.6 Å². The van der Waals surface area contributed by atoms with Gasteiger partial charge in [-0.15, -0.1) is 0 Å². The Morgan fingerprint density at radius 3 is 2.74 bits per heavy atom. The van der Waals surface area contributed by atoms with E-state index in [-0.39, 0.29) is 5.41 Å². The number of aliphatic hydroxyl groups is 1. The van der Waals surface area contributed by atoms with E-state index in [1.807, 2.05) is 12.1 Å². The summed E-state index contributed by atoms with van der Waals surface area (Å²) in [6.45, 7) is 2.76. The van der Waals surface area contributed by atoms with Crippen LogP contribution in [0.15, 0.2) is 18.2 Å². The molecule has 1 unspecified atom stereocenters. The largest absolute Gasteiger partial charge is 0.481 e. The normalized spacial score (nSPS) is 28.9. The Morgan fingerprint density at radius 2 is 2.16 bits per heavy atom. The molecule has 2 rings (SSSR count). The first-order chi connectivity index (χ1) is 9.11. The van der Waals surface area contributed by atoms with Gasteiger partial charge < -0.3 is 15.6 Å². The molecular weight excluding hydrogens is 240 g/mol. The number of methoxy groups -OCH3 is 1. The fourth-order valence-corrected chi connectivity index (χ4v) is 2.94. The molecular formula is C15H24N2O2. The van der Waals surface area contributed by atoms with Gasteiger partial charge in [0, 0.05) is 18.0 Å². The molecule has 0 aromatic carbocycles. The third kappa shape index (κ3) is 2.90. The summed E-state index contributed by atoms with van der Waals surface area (Å²) in [6, 6.07) is 5.50. The number of rotatable bonds is 4. The fourth-order valence-electron chi connectivity index (χ4n) is 2.94. The quantitative estimate of drug-likeness (QED) is 0.875. The topological polar surface area (TPSA) is 68.4 Å². The van der Waals surface area contributed by atoms with Gasteiger partial charge in [-0.3, -0.25) is 0 Å². The van der Waals surface area contributed by atoms with E-state index in [1.165, 1.54) is 0 Å². The summed E-state index contributed by atoms with van der Waals surface area (Å²) >= 11 is 0. The highest BCUT2D eigenvalue weighted by Crippen LogP contribution is 2.46. The van der Waals surface area contributed by atoms with Gasteiger partial charge in [0.1, 0.15) is 6.10 Å². The van der Waals surface area contributed by atoms with Gasteiger partial charge in [-0.2, -0.15) is 0 Å². The minimum atomic E-state index is -0.611. The summed E-state index contributed by atoms with van der Waals surface area (Å²) < 4.78 is 5.12. The standard InChI is InChI=1S/C15H24N2O2/c1-11-6-8-15(10-16,9-7-11)14(18)12-4-3-5-13(17-12)19-2/h3-5,11,14,18H,6-10,16H2,1-2H3. The average molecular weight is 264 g/mol. The summed E-state index contributed by atoms with van der Waals surface area (Å²) in [4.78, 5) is 4.35. The molecule has 4 nitrogen and oxygen atoms in total. The molecule has 3 N–H and O–H groups in total. The van der Waals surface area contributed by atoms with Crippen LogP contribution in [0.1, 0.15) is 44.4 Å². The lowest BCUT2D eigenvalue weighted by atomic mass is 9.67. The zero-order valence-corrected chi connectivity index (χ0v) is 11.8. The van der Waals surface area contributed by atoms with Gasteiger partial charge in [0.2, 0.25) is 5.88 Å². The molecule has 0 bridgehead atoms. The van der Waals surface area contributed by atoms with Crippen LogP contribution in [-0.2, 0) is 0 Å². The predicted molar refractivity (Wildman–Crippen MR) is 74.9 cm³/mol. The molecule has 1 aliphatic rings. The fraction of sp³-hybridized carbons (Fsp3) is 0.667. The molecule has 19 heavy (non-hydrogen) atoms. The molecule has 0 aliphatic heterocycles. The van der Waals surface area contributed by atoms with Crippen molar-refractivity contribution < 1.29 is 9.84 Å². The molecule has 1 aromatic rings. The highest BCUT2D eigenvalue weighted by molar-refractivity contribution is 5.19. The van der Waals surface area contributed by atoms with Crippen LogP contribution in [0, 0.1) is 11.3 Å². The number of ether oxygens (including phenoxy) is 1. The Bertz CT molecular complexity index is 414. The molecule has 0 spiro atoms. The van der Waals surface area contributed by atoms with Crippen molar-refractivity contribution in [2.24, 2.45) is 17.1 Å². The molecule has 1 aromatic heterocycles. The number of aromatic nitrogens is 1. The number of nitrogens with zero attached hydrogens (tertiary/aromatic N) is 1. The van der Waals surface area contributed by atoms with Crippen molar-refractivity contribution in [2.75, 3.05) is 13.7 Å². The van der Waals surface area contributed by atoms with Crippen molar-refractivity contribution in [3.05, 3.63) is 23.9 Å². The van der Waals surface area contributed by atoms with Gasteiger partial charge in [0.15, 0.2) is 0 Å². The van der Waals surface area contributed by atoms with Crippen molar-refractivity contribution in [3.63, 3.8) is 0 Å². The molecule has 106 valence electrons. The van der Waals surface area contributed by atoms with Crippen molar-refractivity contribution >= 4 is 0 Å². The average Bonchev–Trinajstić information content (AvgIpc) is 2.48. The second-order valence-electron chi connectivity index (χ2n) is 5.76. The molecule has 4 heteroatoms. The highest BCUT2D eigenvalue weighted by atomic mass is 16.5. The van der Waals surface area contributed by atoms with Crippen molar-refractivity contribution in [1.82, 2.24) is 4.98 Å². The van der Waals surface area contributed by atoms with Crippen LogP contribution < -0.4 is 10.5 Å². The first-order valence-electron chi connectivity index (χ1n) is 7.00. The first-order valence-corrected chi connectivity index (χ1v) is 7.00. The van der Waals surface area contributed by atoms with Crippen LogP contribution in [0.25, 0.3) is 0 Å². The predicted octanol–water partition coefficient (Wildman–Crippen LogP) is 2.28. The maximum absolute atomic E-state index is 10.7. The summed E-state index contributed by atoms with van der Waals surface area (Å²) in [7, 11) is 1.58. The van der Waals surface area contributed by atoms with E-state index in [4.69, 9.17) is 10.5 Å². The molecule has 1 fully saturated rings. The summed E-state index contributed by atoms with van der Waals surface area (Å²) in [5, 5.41) is 10.7. The van der Waals surface area contributed by atoms with Gasteiger partial charge in [-0.1, -0.05) is 25.8 Å². The van der Waals surface area contributed by atoms with E-state index in [2.05, 4.69) is 11.9 Å². The van der Waals surface area contributed by atoms with Gasteiger partial charge in [0.25, 0.3) is 0 Å². The van der Waals surface area contributed by atoms with Crippen LogP contribution in [0.5, 0.6) is 5.88 Å². The lowest BCUT2D eigenvalue weighted by Gasteiger charge is -2.41. The number of pyridine rings is 1. The van der Waals surface area contributed by atoms with Crippen LogP contribution in [0.4, 0.5) is 0 Å². The highest BCUT2D eigenvalue weighted by Gasteiger charge is 2.40. The van der Waals surface area contributed by atoms with E-state index >= 15 is 0 Å². The molecule has 0 radical (unpaired) electrons. The Morgan fingerprint density at radius 1 is 1.47 bits per heavy atom. The number of hydrogen-bond acceptors (Lipinski definition) is 4. The zero-order valence-electron chi connectivity index (χ0n) is 11.8. The summed E-state index contributed by atoms with van der Waals surface area (Å²) in [6.07, 6.45) is 3.56. The van der Waals surface area contributed by atoms with Crippen LogP contribution in [-0.4, -0.2) is 23.7 Å². The van der Waals surface area contributed by atoms with Crippen molar-refractivity contribution in [1.29, 1.82) is 0 Å². The van der Waals surface area contributed by atoms with Crippen LogP contribution >= 0.6 is 0 Å². The number of aliphatic hydroxyl groups excluding tert-OH is 1. The van der Waals surface area contributed by atoms with E-state index in [0.29, 0.717) is 18.1 Å². The Hall–Kier alpha value is -1.13. The van der Waals surface area contributed by atoms with E-state index < -0.39 is 6.10 Å². The molecule has 1 atom stereocenters. The molecule has 1 heterocycles. The van der Waals surface area contributed by atoms with Gasteiger partial charge in [0.05, 0.1) is 12.8 Å². The summed E-state index contributed by atoms with van der Waals surface area (Å²) in [5.74, 6) is 1.26. The number of nitrogens with two attached hydrogens (primary N) is 1. The summed E-state index contributed by atoms with van der Waals surface area (Å²) in [5.41, 5.74) is 6.41. The van der Waals surface area contributed by atoms with Crippen LogP contribution in [0.2, 0.25) is 0 Å².